The maximum absolute atomic E-state index is 13.0. The standard InChI is InChI=1S/C9H7ClF2O2/c10-6-3-5(1-2-9(13)14)7(11)4-8(6)12/h3-4H,1-2H2,(H,13,14). The van der Waals surface area contributed by atoms with Gasteiger partial charge in [-0.3, -0.25) is 4.79 Å². The van der Waals surface area contributed by atoms with E-state index in [1.807, 2.05) is 0 Å². The fourth-order valence-corrected chi connectivity index (χ4v) is 1.18. The van der Waals surface area contributed by atoms with Gasteiger partial charge < -0.3 is 5.11 Å². The molecule has 5 heteroatoms. The van der Waals surface area contributed by atoms with Crippen molar-refractivity contribution in [3.8, 4) is 0 Å². The molecule has 0 fully saturated rings. The second kappa shape index (κ2) is 4.37. The molecule has 0 spiro atoms. The van der Waals surface area contributed by atoms with E-state index >= 15 is 0 Å². The molecule has 1 rings (SSSR count). The fraction of sp³-hybridized carbons (Fsp3) is 0.222. The minimum Gasteiger partial charge on any atom is -0.481 e. The van der Waals surface area contributed by atoms with Gasteiger partial charge in [-0.1, -0.05) is 11.6 Å². The van der Waals surface area contributed by atoms with Crippen LogP contribution in [0.2, 0.25) is 5.02 Å². The quantitative estimate of drug-likeness (QED) is 0.795. The van der Waals surface area contributed by atoms with Crippen molar-refractivity contribution in [1.82, 2.24) is 0 Å². The Morgan fingerprint density at radius 3 is 2.57 bits per heavy atom. The molecule has 0 aliphatic rings. The molecule has 0 heterocycles. The zero-order valence-electron chi connectivity index (χ0n) is 7.06. The van der Waals surface area contributed by atoms with Gasteiger partial charge in [0, 0.05) is 12.5 Å². The molecular weight excluding hydrogens is 214 g/mol. The number of aliphatic carboxylic acids is 1. The van der Waals surface area contributed by atoms with Crippen LogP contribution < -0.4 is 0 Å². The van der Waals surface area contributed by atoms with Gasteiger partial charge in [0.15, 0.2) is 0 Å². The van der Waals surface area contributed by atoms with Crippen molar-refractivity contribution < 1.29 is 18.7 Å². The molecule has 1 N–H and O–H groups in total. The minimum absolute atomic E-state index is 0.00116. The molecule has 76 valence electrons. The van der Waals surface area contributed by atoms with Crippen LogP contribution in [0.3, 0.4) is 0 Å². The van der Waals surface area contributed by atoms with Gasteiger partial charge in [-0.15, -0.1) is 0 Å². The van der Waals surface area contributed by atoms with E-state index in [9.17, 15) is 13.6 Å². The second-order valence-electron chi connectivity index (χ2n) is 2.75. The number of hydrogen-bond acceptors (Lipinski definition) is 1. The highest BCUT2D eigenvalue weighted by atomic mass is 35.5. The lowest BCUT2D eigenvalue weighted by atomic mass is 10.1. The number of rotatable bonds is 3. The summed E-state index contributed by atoms with van der Waals surface area (Å²) in [5, 5.41) is 8.16. The highest BCUT2D eigenvalue weighted by molar-refractivity contribution is 6.30. The van der Waals surface area contributed by atoms with Crippen molar-refractivity contribution >= 4 is 17.6 Å². The van der Waals surface area contributed by atoms with Crippen LogP contribution in [0.4, 0.5) is 8.78 Å². The normalized spacial score (nSPS) is 10.2. The molecule has 2 nitrogen and oxygen atoms in total. The number of aryl methyl sites for hydroxylation is 1. The largest absolute Gasteiger partial charge is 0.481 e. The Bertz CT molecular complexity index is 366. The Kier molecular flexibility index (Phi) is 3.41. The number of benzene rings is 1. The van der Waals surface area contributed by atoms with Crippen molar-refractivity contribution in [3.63, 3.8) is 0 Å². The van der Waals surface area contributed by atoms with Crippen LogP contribution in [0, 0.1) is 11.6 Å². The SMILES string of the molecule is O=C(O)CCc1cc(Cl)c(F)cc1F. The van der Waals surface area contributed by atoms with Crippen LogP contribution in [0.1, 0.15) is 12.0 Å². The molecule has 0 saturated carbocycles. The number of hydrogen-bond donors (Lipinski definition) is 1. The first-order chi connectivity index (χ1) is 6.50. The van der Waals surface area contributed by atoms with E-state index in [2.05, 4.69) is 0 Å². The summed E-state index contributed by atoms with van der Waals surface area (Å²) in [6.45, 7) is 0. The van der Waals surface area contributed by atoms with E-state index in [0.717, 1.165) is 6.07 Å². The highest BCUT2D eigenvalue weighted by Crippen LogP contribution is 2.20. The molecule has 0 atom stereocenters. The molecule has 14 heavy (non-hydrogen) atoms. The smallest absolute Gasteiger partial charge is 0.303 e. The summed E-state index contributed by atoms with van der Waals surface area (Å²) in [7, 11) is 0. The van der Waals surface area contributed by atoms with Crippen LogP contribution in [0.25, 0.3) is 0 Å². The molecule has 0 bridgehead atoms. The second-order valence-corrected chi connectivity index (χ2v) is 3.16. The van der Waals surface area contributed by atoms with E-state index in [-0.39, 0.29) is 23.4 Å². The summed E-state index contributed by atoms with van der Waals surface area (Å²) in [5.74, 6) is -2.65. The van der Waals surface area contributed by atoms with Gasteiger partial charge in [0.2, 0.25) is 0 Å². The van der Waals surface area contributed by atoms with Crippen LogP contribution in [0.5, 0.6) is 0 Å². The summed E-state index contributed by atoms with van der Waals surface area (Å²) < 4.78 is 25.7. The predicted octanol–water partition coefficient (Wildman–Crippen LogP) is 2.64. The maximum Gasteiger partial charge on any atom is 0.303 e. The van der Waals surface area contributed by atoms with Crippen molar-refractivity contribution in [3.05, 3.63) is 34.4 Å². The first-order valence-electron chi connectivity index (χ1n) is 3.86. The van der Waals surface area contributed by atoms with Crippen molar-refractivity contribution in [1.29, 1.82) is 0 Å². The molecule has 0 unspecified atom stereocenters. The Hall–Kier alpha value is -1.16. The van der Waals surface area contributed by atoms with Gasteiger partial charge in [-0.05, 0) is 18.1 Å². The number of halogens is 3. The maximum atomic E-state index is 13.0. The lowest BCUT2D eigenvalue weighted by Gasteiger charge is -2.02. The third-order valence-electron chi connectivity index (χ3n) is 1.70. The third kappa shape index (κ3) is 2.67. The fourth-order valence-electron chi connectivity index (χ4n) is 0.997. The monoisotopic (exact) mass is 220 g/mol. The first kappa shape index (κ1) is 10.9. The molecule has 1 aromatic rings. The number of carboxylic acids is 1. The van der Waals surface area contributed by atoms with E-state index in [1.165, 1.54) is 0 Å². The molecule has 0 radical (unpaired) electrons. The lowest BCUT2D eigenvalue weighted by Crippen LogP contribution is -2.00. The van der Waals surface area contributed by atoms with Gasteiger partial charge in [0.1, 0.15) is 11.6 Å². The Morgan fingerprint density at radius 2 is 2.00 bits per heavy atom. The van der Waals surface area contributed by atoms with E-state index in [1.54, 1.807) is 0 Å². The highest BCUT2D eigenvalue weighted by Gasteiger charge is 2.09. The summed E-state index contributed by atoms with van der Waals surface area (Å²) >= 11 is 5.41. The van der Waals surface area contributed by atoms with Crippen molar-refractivity contribution in [2.24, 2.45) is 0 Å². The van der Waals surface area contributed by atoms with Crippen LogP contribution >= 0.6 is 11.6 Å². The first-order valence-corrected chi connectivity index (χ1v) is 4.23. The summed E-state index contributed by atoms with van der Waals surface area (Å²) in [4.78, 5) is 10.2. The third-order valence-corrected chi connectivity index (χ3v) is 1.99. The van der Waals surface area contributed by atoms with Crippen molar-refractivity contribution in [2.75, 3.05) is 0 Å². The molecule has 0 amide bonds. The molecule has 0 aliphatic heterocycles. The van der Waals surface area contributed by atoms with E-state index in [4.69, 9.17) is 16.7 Å². The zero-order chi connectivity index (χ0) is 10.7. The lowest BCUT2D eigenvalue weighted by molar-refractivity contribution is -0.136. The average Bonchev–Trinajstić information content (AvgIpc) is 2.09. The Balaban J connectivity index is 2.87. The topological polar surface area (TPSA) is 37.3 Å². The Labute approximate surface area is 84.1 Å². The van der Waals surface area contributed by atoms with Crippen molar-refractivity contribution in [2.45, 2.75) is 12.8 Å². The minimum atomic E-state index is -1.04. The molecular formula is C9H7ClF2O2. The summed E-state index contributed by atoms with van der Waals surface area (Å²) in [6, 6.07) is 1.76. The predicted molar refractivity (Wildman–Crippen MR) is 47.3 cm³/mol. The average molecular weight is 221 g/mol. The molecule has 0 aromatic heterocycles. The van der Waals surface area contributed by atoms with Gasteiger partial charge in [-0.2, -0.15) is 0 Å². The van der Waals surface area contributed by atoms with Crippen LogP contribution in [-0.2, 0) is 11.2 Å². The van der Waals surface area contributed by atoms with Gasteiger partial charge in [-0.25, -0.2) is 8.78 Å². The number of carbonyl (C=O) groups is 1. The molecule has 0 saturated heterocycles. The molecule has 1 aromatic carbocycles. The van der Waals surface area contributed by atoms with Gasteiger partial charge >= 0.3 is 5.97 Å². The van der Waals surface area contributed by atoms with Gasteiger partial charge in [0.05, 0.1) is 5.02 Å². The summed E-state index contributed by atoms with van der Waals surface area (Å²) in [5.41, 5.74) is 0.110. The molecule has 0 aliphatic carbocycles. The zero-order valence-corrected chi connectivity index (χ0v) is 7.81. The van der Waals surface area contributed by atoms with Crippen LogP contribution in [0.15, 0.2) is 12.1 Å². The van der Waals surface area contributed by atoms with E-state index < -0.39 is 17.6 Å². The van der Waals surface area contributed by atoms with Crippen LogP contribution in [-0.4, -0.2) is 11.1 Å². The Morgan fingerprint density at radius 1 is 1.36 bits per heavy atom. The number of carboxylic acid groups (broad SMARTS) is 1. The van der Waals surface area contributed by atoms with E-state index in [0.29, 0.717) is 6.07 Å². The summed E-state index contributed by atoms with van der Waals surface area (Å²) in [6.07, 6.45) is -0.208. The van der Waals surface area contributed by atoms with Gasteiger partial charge in [0.25, 0.3) is 0 Å².